The average molecular weight is 460 g/mol. The van der Waals surface area contributed by atoms with Crippen LogP contribution in [0.4, 0.5) is 10.1 Å². The molecule has 5 rings (SSSR count). The standard InChI is InChI=1S/C23H23ClFN3O2S/c1-26-19-12-17(25)13-20(22(19)30-23(26)29)28-9-7-27(8-10-28)6-2-3-15-14-31-21-5-4-16(24)11-18(15)21/h4-5,11-14H,2-3,6-10H2,1H3. The van der Waals surface area contributed by atoms with Crippen LogP contribution in [0.3, 0.4) is 0 Å². The highest BCUT2D eigenvalue weighted by Gasteiger charge is 2.22. The smallest absolute Gasteiger partial charge is 0.405 e. The van der Waals surface area contributed by atoms with E-state index in [0.717, 1.165) is 50.6 Å². The van der Waals surface area contributed by atoms with Crippen molar-refractivity contribution in [2.45, 2.75) is 12.8 Å². The minimum atomic E-state index is -0.470. The van der Waals surface area contributed by atoms with Crippen LogP contribution in [0.2, 0.25) is 5.02 Å². The van der Waals surface area contributed by atoms with E-state index in [9.17, 15) is 9.18 Å². The van der Waals surface area contributed by atoms with E-state index in [1.165, 1.54) is 32.3 Å². The van der Waals surface area contributed by atoms with Gasteiger partial charge in [-0.3, -0.25) is 9.47 Å². The summed E-state index contributed by atoms with van der Waals surface area (Å²) in [6, 6.07) is 8.90. The molecule has 0 N–H and O–H groups in total. The largest absolute Gasteiger partial charge is 0.419 e. The van der Waals surface area contributed by atoms with Gasteiger partial charge in [-0.2, -0.15) is 0 Å². The van der Waals surface area contributed by atoms with E-state index in [4.69, 9.17) is 16.0 Å². The predicted octanol–water partition coefficient (Wildman–Crippen LogP) is 4.89. The third-order valence-corrected chi connectivity index (χ3v) is 7.34. The Hall–Kier alpha value is -2.35. The maximum atomic E-state index is 14.2. The van der Waals surface area contributed by atoms with E-state index in [2.05, 4.69) is 27.3 Å². The maximum Gasteiger partial charge on any atom is 0.419 e. The fraction of sp³-hybridized carbons (Fsp3) is 0.348. The van der Waals surface area contributed by atoms with Crippen molar-refractivity contribution in [3.05, 3.63) is 62.7 Å². The monoisotopic (exact) mass is 459 g/mol. The first-order valence-electron chi connectivity index (χ1n) is 10.4. The van der Waals surface area contributed by atoms with E-state index in [1.54, 1.807) is 18.4 Å². The number of anilines is 1. The lowest BCUT2D eigenvalue weighted by molar-refractivity contribution is 0.255. The number of rotatable bonds is 5. The van der Waals surface area contributed by atoms with Crippen LogP contribution in [-0.4, -0.2) is 42.2 Å². The number of hydrogen-bond acceptors (Lipinski definition) is 5. The number of aryl methyl sites for hydroxylation is 2. The third-order valence-electron chi connectivity index (χ3n) is 6.09. The average Bonchev–Trinajstić information content (AvgIpc) is 3.29. The fourth-order valence-corrected chi connectivity index (χ4v) is 5.51. The van der Waals surface area contributed by atoms with Crippen molar-refractivity contribution >= 4 is 49.8 Å². The Morgan fingerprint density at radius 2 is 1.97 bits per heavy atom. The van der Waals surface area contributed by atoms with Gasteiger partial charge in [0.2, 0.25) is 0 Å². The highest BCUT2D eigenvalue weighted by Crippen LogP contribution is 2.30. The molecule has 1 saturated heterocycles. The van der Waals surface area contributed by atoms with Crippen LogP contribution >= 0.6 is 22.9 Å². The molecule has 162 valence electrons. The molecule has 0 saturated carbocycles. The quantitative estimate of drug-likeness (QED) is 0.426. The lowest BCUT2D eigenvalue weighted by Gasteiger charge is -2.36. The number of piperazine rings is 1. The minimum Gasteiger partial charge on any atom is -0.405 e. The zero-order valence-corrected chi connectivity index (χ0v) is 18.8. The number of oxazole rings is 1. The Balaban J connectivity index is 1.21. The van der Waals surface area contributed by atoms with Crippen LogP contribution in [0.15, 0.2) is 44.9 Å². The molecule has 0 radical (unpaired) electrons. The molecule has 0 atom stereocenters. The molecule has 0 aliphatic carbocycles. The first-order valence-corrected chi connectivity index (χ1v) is 11.7. The van der Waals surface area contributed by atoms with Gasteiger partial charge in [0, 0.05) is 55.1 Å². The van der Waals surface area contributed by atoms with Gasteiger partial charge >= 0.3 is 5.76 Å². The number of halogens is 2. The van der Waals surface area contributed by atoms with Crippen molar-refractivity contribution in [2.24, 2.45) is 7.05 Å². The van der Waals surface area contributed by atoms with Crippen molar-refractivity contribution in [2.75, 3.05) is 37.6 Å². The molecule has 2 aromatic carbocycles. The van der Waals surface area contributed by atoms with Crippen LogP contribution in [0.5, 0.6) is 0 Å². The van der Waals surface area contributed by atoms with E-state index in [1.807, 2.05) is 6.07 Å². The highest BCUT2D eigenvalue weighted by molar-refractivity contribution is 7.17. The van der Waals surface area contributed by atoms with E-state index >= 15 is 0 Å². The molecule has 0 bridgehead atoms. The topological polar surface area (TPSA) is 41.6 Å². The lowest BCUT2D eigenvalue weighted by atomic mass is 10.1. The second kappa shape index (κ2) is 8.30. The summed E-state index contributed by atoms with van der Waals surface area (Å²) in [5, 5.41) is 4.28. The van der Waals surface area contributed by atoms with Gasteiger partial charge in [0.05, 0.1) is 11.2 Å². The van der Waals surface area contributed by atoms with Gasteiger partial charge in [0.1, 0.15) is 5.82 Å². The van der Waals surface area contributed by atoms with Gasteiger partial charge in [-0.05, 0) is 53.9 Å². The summed E-state index contributed by atoms with van der Waals surface area (Å²) in [4.78, 5) is 16.4. The van der Waals surface area contributed by atoms with Crippen molar-refractivity contribution < 1.29 is 8.81 Å². The van der Waals surface area contributed by atoms with Crippen LogP contribution < -0.4 is 10.7 Å². The highest BCUT2D eigenvalue weighted by atomic mass is 35.5. The Morgan fingerprint density at radius 3 is 2.77 bits per heavy atom. The van der Waals surface area contributed by atoms with Gasteiger partial charge in [-0.1, -0.05) is 11.6 Å². The van der Waals surface area contributed by atoms with Crippen LogP contribution in [0, 0.1) is 5.82 Å². The normalized spacial score (nSPS) is 15.4. The van der Waals surface area contributed by atoms with Crippen LogP contribution in [-0.2, 0) is 13.5 Å². The molecule has 0 spiro atoms. The number of hydrogen-bond donors (Lipinski definition) is 0. The number of fused-ring (bicyclic) bond motifs is 2. The number of nitrogens with zero attached hydrogens (tertiary/aromatic N) is 3. The van der Waals surface area contributed by atoms with Gasteiger partial charge in [0.15, 0.2) is 5.58 Å². The molecule has 3 heterocycles. The summed E-state index contributed by atoms with van der Waals surface area (Å²) in [6.07, 6.45) is 2.11. The Kier molecular flexibility index (Phi) is 5.50. The summed E-state index contributed by atoms with van der Waals surface area (Å²) < 4.78 is 22.2. The molecule has 31 heavy (non-hydrogen) atoms. The predicted molar refractivity (Wildman–Crippen MR) is 125 cm³/mol. The summed E-state index contributed by atoms with van der Waals surface area (Å²) in [6.45, 7) is 4.35. The van der Waals surface area contributed by atoms with Gasteiger partial charge in [0.25, 0.3) is 0 Å². The molecule has 2 aromatic heterocycles. The first-order chi connectivity index (χ1) is 15.0. The molecule has 1 fully saturated rings. The zero-order chi connectivity index (χ0) is 21.5. The molecular formula is C23H23ClFN3O2S. The summed E-state index contributed by atoms with van der Waals surface area (Å²) in [5.74, 6) is -0.827. The maximum absolute atomic E-state index is 14.2. The van der Waals surface area contributed by atoms with E-state index < -0.39 is 5.76 Å². The van der Waals surface area contributed by atoms with Gasteiger partial charge in [-0.25, -0.2) is 9.18 Å². The fourth-order valence-electron chi connectivity index (χ4n) is 4.36. The minimum absolute atomic E-state index is 0.357. The Bertz CT molecular complexity index is 1300. The molecule has 0 amide bonds. The number of benzene rings is 2. The van der Waals surface area contributed by atoms with Gasteiger partial charge < -0.3 is 9.32 Å². The van der Waals surface area contributed by atoms with E-state index in [0.29, 0.717) is 16.8 Å². The third kappa shape index (κ3) is 3.97. The lowest BCUT2D eigenvalue weighted by Crippen LogP contribution is -2.46. The summed E-state index contributed by atoms with van der Waals surface area (Å²) in [5.41, 5.74) is 2.98. The molecule has 8 heteroatoms. The summed E-state index contributed by atoms with van der Waals surface area (Å²) >= 11 is 7.94. The molecular weight excluding hydrogens is 437 g/mol. The van der Waals surface area contributed by atoms with Crippen molar-refractivity contribution in [3.63, 3.8) is 0 Å². The Morgan fingerprint density at radius 1 is 1.16 bits per heavy atom. The molecule has 4 aromatic rings. The molecule has 0 unspecified atom stereocenters. The molecule has 5 nitrogen and oxygen atoms in total. The first kappa shape index (κ1) is 20.5. The van der Waals surface area contributed by atoms with E-state index in [-0.39, 0.29) is 5.82 Å². The molecule has 1 aliphatic rings. The molecule has 1 aliphatic heterocycles. The SMILES string of the molecule is Cn1c(=O)oc2c(N3CCN(CCCc4csc5ccc(Cl)cc45)CC3)cc(F)cc21. The zero-order valence-electron chi connectivity index (χ0n) is 17.2. The second-order valence-corrected chi connectivity index (χ2v) is 9.38. The van der Waals surface area contributed by atoms with Crippen molar-refractivity contribution in [1.29, 1.82) is 0 Å². The second-order valence-electron chi connectivity index (χ2n) is 8.03. The van der Waals surface area contributed by atoms with Gasteiger partial charge in [-0.15, -0.1) is 11.3 Å². The number of aromatic nitrogens is 1. The van der Waals surface area contributed by atoms with Crippen molar-refractivity contribution in [1.82, 2.24) is 9.47 Å². The van der Waals surface area contributed by atoms with Crippen LogP contribution in [0.1, 0.15) is 12.0 Å². The Labute approximate surface area is 188 Å². The van der Waals surface area contributed by atoms with Crippen molar-refractivity contribution in [3.8, 4) is 0 Å². The van der Waals surface area contributed by atoms with Crippen LogP contribution in [0.25, 0.3) is 21.2 Å². The summed E-state index contributed by atoms with van der Waals surface area (Å²) in [7, 11) is 1.60. The number of thiophene rings is 1.